The second-order valence-electron chi connectivity index (χ2n) is 4.22. The molecule has 0 N–H and O–H groups in total. The van der Waals surface area contributed by atoms with E-state index in [0.29, 0.717) is 6.54 Å². The molecule has 0 aliphatic carbocycles. The van der Waals surface area contributed by atoms with Crippen LogP contribution < -0.4 is 4.74 Å². The quantitative estimate of drug-likeness (QED) is 0.791. The summed E-state index contributed by atoms with van der Waals surface area (Å²) in [7, 11) is 1.39. The van der Waals surface area contributed by atoms with Crippen LogP contribution in [0.15, 0.2) is 24.4 Å². The van der Waals surface area contributed by atoms with Crippen LogP contribution in [0.2, 0.25) is 0 Å². The number of hydrogen-bond donors (Lipinski definition) is 0. The smallest absolute Gasteiger partial charge is 0.217 e. The van der Waals surface area contributed by atoms with E-state index in [-0.39, 0.29) is 17.0 Å². The predicted octanol–water partition coefficient (Wildman–Crippen LogP) is 2.81. The Balaban J connectivity index is 2.52. The van der Waals surface area contributed by atoms with Crippen molar-refractivity contribution < 1.29 is 18.3 Å². The zero-order valence-electron chi connectivity index (χ0n) is 11.2. The molecule has 0 aliphatic heterocycles. The third-order valence-corrected chi connectivity index (χ3v) is 2.87. The van der Waals surface area contributed by atoms with E-state index in [4.69, 9.17) is 4.74 Å². The van der Waals surface area contributed by atoms with E-state index in [9.17, 15) is 13.6 Å². The first-order chi connectivity index (χ1) is 9.60. The van der Waals surface area contributed by atoms with Gasteiger partial charge in [0.25, 0.3) is 0 Å². The van der Waals surface area contributed by atoms with Gasteiger partial charge >= 0.3 is 0 Å². The molecular weight excluding hydrogens is 266 g/mol. The Morgan fingerprint density at radius 1 is 1.40 bits per heavy atom. The third-order valence-electron chi connectivity index (χ3n) is 2.87. The molecular formula is C14H14F2N2O2. The van der Waals surface area contributed by atoms with Crippen molar-refractivity contribution in [3.05, 3.63) is 47.3 Å². The first kappa shape index (κ1) is 14.2. The van der Waals surface area contributed by atoms with Gasteiger partial charge in [0.15, 0.2) is 23.1 Å². The standard InChI is InChI=1S/C14H14F2N2O2/c1-3-7-18-13(11(20-2)8-17-18)14(19)9-5-4-6-10(15)12(9)16/h4-6,8H,3,7H2,1-2H3. The second kappa shape index (κ2) is 5.81. The molecule has 0 unspecified atom stereocenters. The van der Waals surface area contributed by atoms with Crippen molar-refractivity contribution in [1.82, 2.24) is 9.78 Å². The molecule has 0 aliphatic rings. The zero-order valence-corrected chi connectivity index (χ0v) is 11.2. The Morgan fingerprint density at radius 2 is 2.15 bits per heavy atom. The summed E-state index contributed by atoms with van der Waals surface area (Å²) in [6.45, 7) is 2.41. The fourth-order valence-electron chi connectivity index (χ4n) is 1.93. The largest absolute Gasteiger partial charge is 0.493 e. The Labute approximate surface area is 115 Å². The summed E-state index contributed by atoms with van der Waals surface area (Å²) in [5.41, 5.74) is -0.208. The summed E-state index contributed by atoms with van der Waals surface area (Å²) in [5, 5.41) is 4.03. The van der Waals surface area contributed by atoms with Crippen LogP contribution >= 0.6 is 0 Å². The maximum absolute atomic E-state index is 13.7. The highest BCUT2D eigenvalue weighted by molar-refractivity contribution is 6.09. The number of rotatable bonds is 5. The number of ether oxygens (including phenoxy) is 1. The number of methoxy groups -OCH3 is 1. The highest BCUT2D eigenvalue weighted by Crippen LogP contribution is 2.23. The van der Waals surface area contributed by atoms with Gasteiger partial charge in [0.05, 0.1) is 18.9 Å². The molecule has 0 atom stereocenters. The van der Waals surface area contributed by atoms with E-state index in [1.807, 2.05) is 6.92 Å². The molecule has 106 valence electrons. The summed E-state index contributed by atoms with van der Waals surface area (Å²) < 4.78 is 33.5. The lowest BCUT2D eigenvalue weighted by Crippen LogP contribution is -2.14. The Bertz CT molecular complexity index is 638. The van der Waals surface area contributed by atoms with Crippen LogP contribution in [0.1, 0.15) is 29.4 Å². The number of carbonyl (C=O) groups is 1. The third kappa shape index (κ3) is 2.41. The maximum Gasteiger partial charge on any atom is 0.217 e. The number of aryl methyl sites for hydroxylation is 1. The zero-order chi connectivity index (χ0) is 14.7. The Morgan fingerprint density at radius 3 is 2.80 bits per heavy atom. The molecule has 1 aromatic heterocycles. The van der Waals surface area contributed by atoms with Crippen molar-refractivity contribution in [3.8, 4) is 5.75 Å². The Kier molecular flexibility index (Phi) is 4.12. The number of aromatic nitrogens is 2. The molecule has 0 saturated heterocycles. The highest BCUT2D eigenvalue weighted by Gasteiger charge is 2.24. The van der Waals surface area contributed by atoms with E-state index >= 15 is 0 Å². The average Bonchev–Trinajstić information content (AvgIpc) is 2.84. The van der Waals surface area contributed by atoms with Gasteiger partial charge < -0.3 is 4.74 Å². The van der Waals surface area contributed by atoms with Crippen LogP contribution in [0.25, 0.3) is 0 Å². The molecule has 0 amide bonds. The molecule has 2 rings (SSSR count). The number of hydrogen-bond acceptors (Lipinski definition) is 3. The highest BCUT2D eigenvalue weighted by atomic mass is 19.2. The number of carbonyl (C=O) groups excluding carboxylic acids is 1. The summed E-state index contributed by atoms with van der Waals surface area (Å²) in [5.74, 6) is -2.63. The first-order valence-electron chi connectivity index (χ1n) is 6.18. The van der Waals surface area contributed by atoms with Crippen molar-refractivity contribution in [2.24, 2.45) is 0 Å². The van der Waals surface area contributed by atoms with E-state index < -0.39 is 17.4 Å². The summed E-state index contributed by atoms with van der Waals surface area (Å²) in [6.07, 6.45) is 2.14. The average molecular weight is 280 g/mol. The van der Waals surface area contributed by atoms with Crippen LogP contribution in [0.5, 0.6) is 5.75 Å². The first-order valence-corrected chi connectivity index (χ1v) is 6.18. The van der Waals surface area contributed by atoms with Gasteiger partial charge in [-0.3, -0.25) is 9.48 Å². The number of benzene rings is 1. The van der Waals surface area contributed by atoms with Crippen molar-refractivity contribution in [2.45, 2.75) is 19.9 Å². The molecule has 1 aromatic carbocycles. The van der Waals surface area contributed by atoms with E-state index in [0.717, 1.165) is 12.5 Å². The molecule has 0 fully saturated rings. The monoisotopic (exact) mass is 280 g/mol. The van der Waals surface area contributed by atoms with Gasteiger partial charge in [-0.25, -0.2) is 8.78 Å². The van der Waals surface area contributed by atoms with E-state index in [1.54, 1.807) is 0 Å². The van der Waals surface area contributed by atoms with E-state index in [1.165, 1.54) is 30.1 Å². The molecule has 6 heteroatoms. The molecule has 2 aromatic rings. The fourth-order valence-corrected chi connectivity index (χ4v) is 1.93. The Hall–Kier alpha value is -2.24. The maximum atomic E-state index is 13.7. The molecule has 4 nitrogen and oxygen atoms in total. The number of ketones is 1. The van der Waals surface area contributed by atoms with Gasteiger partial charge in [0.1, 0.15) is 0 Å². The van der Waals surface area contributed by atoms with Gasteiger partial charge in [0, 0.05) is 6.54 Å². The fraction of sp³-hybridized carbons (Fsp3) is 0.286. The summed E-state index contributed by atoms with van der Waals surface area (Å²) >= 11 is 0. The van der Waals surface area contributed by atoms with Crippen molar-refractivity contribution >= 4 is 5.78 Å². The van der Waals surface area contributed by atoms with Gasteiger partial charge in [-0.15, -0.1) is 0 Å². The minimum absolute atomic E-state index is 0.124. The molecule has 0 spiro atoms. The minimum Gasteiger partial charge on any atom is -0.493 e. The van der Waals surface area contributed by atoms with Crippen molar-refractivity contribution in [1.29, 1.82) is 0 Å². The summed E-state index contributed by atoms with van der Waals surface area (Å²) in [6, 6.07) is 3.49. The molecule has 0 radical (unpaired) electrons. The van der Waals surface area contributed by atoms with Gasteiger partial charge in [-0.1, -0.05) is 13.0 Å². The van der Waals surface area contributed by atoms with Crippen molar-refractivity contribution in [2.75, 3.05) is 7.11 Å². The van der Waals surface area contributed by atoms with Crippen LogP contribution in [0.3, 0.4) is 0 Å². The summed E-state index contributed by atoms with van der Waals surface area (Å²) in [4.78, 5) is 12.4. The van der Waals surface area contributed by atoms with Crippen molar-refractivity contribution in [3.63, 3.8) is 0 Å². The normalized spacial score (nSPS) is 10.6. The van der Waals surface area contributed by atoms with Gasteiger partial charge in [-0.05, 0) is 18.6 Å². The van der Waals surface area contributed by atoms with Gasteiger partial charge in [0.2, 0.25) is 5.78 Å². The molecule has 20 heavy (non-hydrogen) atoms. The number of halogens is 2. The predicted molar refractivity (Wildman–Crippen MR) is 68.9 cm³/mol. The topological polar surface area (TPSA) is 44.1 Å². The molecule has 1 heterocycles. The van der Waals surface area contributed by atoms with E-state index in [2.05, 4.69) is 5.10 Å². The second-order valence-corrected chi connectivity index (χ2v) is 4.22. The van der Waals surface area contributed by atoms with Crippen LogP contribution in [-0.4, -0.2) is 22.7 Å². The molecule has 0 saturated carbocycles. The lowest BCUT2D eigenvalue weighted by molar-refractivity contribution is 0.102. The van der Waals surface area contributed by atoms with Crippen LogP contribution in [0, 0.1) is 11.6 Å². The molecule has 0 bridgehead atoms. The van der Waals surface area contributed by atoms with Crippen LogP contribution in [0.4, 0.5) is 8.78 Å². The lowest BCUT2D eigenvalue weighted by atomic mass is 10.1. The van der Waals surface area contributed by atoms with Crippen LogP contribution in [-0.2, 0) is 6.54 Å². The number of nitrogens with zero attached hydrogens (tertiary/aromatic N) is 2. The minimum atomic E-state index is -1.16. The lowest BCUT2D eigenvalue weighted by Gasteiger charge is -2.08. The SMILES string of the molecule is CCCn1ncc(OC)c1C(=O)c1cccc(F)c1F. The van der Waals surface area contributed by atoms with Gasteiger partial charge in [-0.2, -0.15) is 5.10 Å².